The van der Waals surface area contributed by atoms with E-state index in [0.29, 0.717) is 0 Å². The van der Waals surface area contributed by atoms with Crippen LogP contribution in [-0.2, 0) is 14.3 Å². The average Bonchev–Trinajstić information content (AvgIpc) is 2.88. The van der Waals surface area contributed by atoms with Crippen LogP contribution in [0.2, 0.25) is 0 Å². The van der Waals surface area contributed by atoms with Gasteiger partial charge >= 0.3 is 5.97 Å². The third-order valence-electron chi connectivity index (χ3n) is 6.97. The van der Waals surface area contributed by atoms with Gasteiger partial charge in [-0.1, -0.05) is 24.6 Å². The Morgan fingerprint density at radius 2 is 2.04 bits per heavy atom. The fraction of sp³-hybridized carbons (Fsp3) is 0.714. The van der Waals surface area contributed by atoms with Crippen molar-refractivity contribution in [3.63, 3.8) is 0 Å². The van der Waals surface area contributed by atoms with Crippen LogP contribution in [0.15, 0.2) is 23.3 Å². The fourth-order valence-electron chi connectivity index (χ4n) is 5.36. The summed E-state index contributed by atoms with van der Waals surface area (Å²) >= 11 is 0. The molecular formula is C21H30N2O3. The average molecular weight is 358 g/mol. The second-order valence-electron chi connectivity index (χ2n) is 8.74. The number of piperazine rings is 1. The normalized spacial score (nSPS) is 37.4. The van der Waals surface area contributed by atoms with Crippen LogP contribution < -0.4 is 0 Å². The Morgan fingerprint density at radius 1 is 1.31 bits per heavy atom. The highest BCUT2D eigenvalue weighted by Crippen LogP contribution is 2.52. The van der Waals surface area contributed by atoms with Gasteiger partial charge in [0.2, 0.25) is 5.91 Å². The summed E-state index contributed by atoms with van der Waals surface area (Å²) in [6, 6.07) is 0. The van der Waals surface area contributed by atoms with E-state index in [1.807, 2.05) is 4.90 Å². The Hall–Kier alpha value is -1.62. The van der Waals surface area contributed by atoms with Gasteiger partial charge in [-0.3, -0.25) is 14.5 Å². The summed E-state index contributed by atoms with van der Waals surface area (Å²) in [6.07, 6.45) is 7.95. The molecule has 142 valence electrons. The maximum atomic E-state index is 12.6. The highest BCUT2D eigenvalue weighted by molar-refractivity contribution is 5.76. The molecule has 0 spiro atoms. The lowest BCUT2D eigenvalue weighted by atomic mass is 9.62. The van der Waals surface area contributed by atoms with Crippen LogP contribution in [0.25, 0.3) is 0 Å². The van der Waals surface area contributed by atoms with Crippen molar-refractivity contribution in [2.24, 2.45) is 17.3 Å². The molecule has 0 aromatic carbocycles. The van der Waals surface area contributed by atoms with E-state index in [4.69, 9.17) is 4.74 Å². The number of carbonyl (C=O) groups excluding carboxylic acids is 2. The SMILES string of the molecule is CC(=O)N1CCN(C[C@H]2C(=O)O[C@@H]3C[C@@]4(C)CCC=C(C)C4=C[C@@H]32)CC1. The van der Waals surface area contributed by atoms with Crippen molar-refractivity contribution in [1.29, 1.82) is 0 Å². The maximum Gasteiger partial charge on any atom is 0.311 e. The van der Waals surface area contributed by atoms with Crippen molar-refractivity contribution in [1.82, 2.24) is 9.80 Å². The molecule has 0 unspecified atom stereocenters. The van der Waals surface area contributed by atoms with Gasteiger partial charge in [0.05, 0.1) is 5.92 Å². The number of hydrogen-bond acceptors (Lipinski definition) is 4. The first-order chi connectivity index (χ1) is 12.4. The van der Waals surface area contributed by atoms with Crippen molar-refractivity contribution in [2.75, 3.05) is 32.7 Å². The summed E-state index contributed by atoms with van der Waals surface area (Å²) in [5, 5.41) is 0. The number of rotatable bonds is 2. The highest BCUT2D eigenvalue weighted by Gasteiger charge is 2.51. The van der Waals surface area contributed by atoms with Crippen molar-refractivity contribution in [3.05, 3.63) is 23.3 Å². The number of ether oxygens (including phenoxy) is 1. The van der Waals surface area contributed by atoms with Crippen LogP contribution >= 0.6 is 0 Å². The Labute approximate surface area is 156 Å². The van der Waals surface area contributed by atoms with Crippen LogP contribution in [0, 0.1) is 17.3 Å². The van der Waals surface area contributed by atoms with Gasteiger partial charge in [0, 0.05) is 45.6 Å². The zero-order valence-electron chi connectivity index (χ0n) is 16.2. The van der Waals surface area contributed by atoms with Gasteiger partial charge < -0.3 is 9.64 Å². The minimum absolute atomic E-state index is 0.0327. The van der Waals surface area contributed by atoms with E-state index in [1.54, 1.807) is 6.92 Å². The van der Waals surface area contributed by atoms with Crippen LogP contribution in [-0.4, -0.2) is 60.5 Å². The lowest BCUT2D eigenvalue weighted by Crippen LogP contribution is -2.50. The van der Waals surface area contributed by atoms with Crippen molar-refractivity contribution in [2.45, 2.75) is 46.1 Å². The van der Waals surface area contributed by atoms with Gasteiger partial charge in [0.1, 0.15) is 6.10 Å². The Balaban J connectivity index is 1.50. The van der Waals surface area contributed by atoms with Crippen LogP contribution in [0.5, 0.6) is 0 Å². The number of esters is 1. The van der Waals surface area contributed by atoms with E-state index in [2.05, 4.69) is 30.9 Å². The number of nitrogens with zero attached hydrogens (tertiary/aromatic N) is 2. The van der Waals surface area contributed by atoms with Gasteiger partial charge in [-0.05, 0) is 37.2 Å². The second-order valence-corrected chi connectivity index (χ2v) is 8.74. The highest BCUT2D eigenvalue weighted by atomic mass is 16.6. The van der Waals surface area contributed by atoms with Crippen LogP contribution in [0.1, 0.15) is 40.0 Å². The summed E-state index contributed by atoms with van der Waals surface area (Å²) < 4.78 is 5.83. The molecule has 4 atom stereocenters. The summed E-state index contributed by atoms with van der Waals surface area (Å²) in [6.45, 7) is 10.1. The van der Waals surface area contributed by atoms with Gasteiger partial charge in [0.15, 0.2) is 0 Å². The van der Waals surface area contributed by atoms with Gasteiger partial charge in [-0.25, -0.2) is 0 Å². The number of fused-ring (bicyclic) bond motifs is 2. The Kier molecular flexibility index (Phi) is 4.46. The first kappa shape index (κ1) is 17.8. The number of hydrogen-bond donors (Lipinski definition) is 0. The van der Waals surface area contributed by atoms with Crippen LogP contribution in [0.4, 0.5) is 0 Å². The zero-order valence-corrected chi connectivity index (χ0v) is 16.2. The lowest BCUT2D eigenvalue weighted by Gasteiger charge is -2.43. The molecule has 2 aliphatic heterocycles. The smallest absolute Gasteiger partial charge is 0.311 e. The van der Waals surface area contributed by atoms with E-state index in [9.17, 15) is 9.59 Å². The van der Waals surface area contributed by atoms with Gasteiger partial charge in [-0.2, -0.15) is 0 Å². The molecule has 1 amide bonds. The molecule has 4 rings (SSSR count). The Morgan fingerprint density at radius 3 is 2.73 bits per heavy atom. The minimum Gasteiger partial charge on any atom is -0.461 e. The second kappa shape index (κ2) is 6.52. The topological polar surface area (TPSA) is 49.9 Å². The van der Waals surface area contributed by atoms with E-state index in [1.165, 1.54) is 11.1 Å². The van der Waals surface area contributed by atoms with Crippen molar-refractivity contribution < 1.29 is 14.3 Å². The molecule has 2 aliphatic carbocycles. The summed E-state index contributed by atoms with van der Waals surface area (Å²) in [7, 11) is 0. The van der Waals surface area contributed by atoms with E-state index in [0.717, 1.165) is 52.0 Å². The predicted octanol–water partition coefficient (Wildman–Crippen LogP) is 2.38. The number of allylic oxidation sites excluding steroid dienone is 3. The molecule has 2 heterocycles. The molecule has 2 saturated heterocycles. The molecule has 0 aromatic heterocycles. The molecule has 0 saturated carbocycles. The minimum atomic E-state index is -0.0735. The third kappa shape index (κ3) is 3.00. The molecule has 26 heavy (non-hydrogen) atoms. The number of carbonyl (C=O) groups is 2. The molecule has 0 bridgehead atoms. The summed E-state index contributed by atoms with van der Waals surface area (Å²) in [4.78, 5) is 28.3. The molecule has 5 nitrogen and oxygen atoms in total. The fourth-order valence-corrected chi connectivity index (χ4v) is 5.36. The van der Waals surface area contributed by atoms with Crippen molar-refractivity contribution in [3.8, 4) is 0 Å². The van der Waals surface area contributed by atoms with Crippen LogP contribution in [0.3, 0.4) is 0 Å². The lowest BCUT2D eigenvalue weighted by molar-refractivity contribution is -0.146. The van der Waals surface area contributed by atoms with Gasteiger partial charge in [-0.15, -0.1) is 0 Å². The quantitative estimate of drug-likeness (QED) is 0.711. The summed E-state index contributed by atoms with van der Waals surface area (Å²) in [5.74, 6) is 0.226. The molecule has 0 aromatic rings. The maximum absolute atomic E-state index is 12.6. The monoisotopic (exact) mass is 358 g/mol. The molecule has 0 N–H and O–H groups in total. The molecule has 4 aliphatic rings. The van der Waals surface area contributed by atoms with Crippen molar-refractivity contribution >= 4 is 11.9 Å². The van der Waals surface area contributed by atoms with Gasteiger partial charge in [0.25, 0.3) is 0 Å². The number of amides is 1. The first-order valence-corrected chi connectivity index (χ1v) is 9.95. The molecular weight excluding hydrogens is 328 g/mol. The molecule has 0 radical (unpaired) electrons. The summed E-state index contributed by atoms with van der Waals surface area (Å²) in [5.41, 5.74) is 2.97. The molecule has 2 fully saturated rings. The first-order valence-electron chi connectivity index (χ1n) is 9.95. The van der Waals surface area contributed by atoms with E-state index in [-0.39, 0.29) is 35.2 Å². The predicted molar refractivity (Wildman–Crippen MR) is 99.4 cm³/mol. The largest absolute Gasteiger partial charge is 0.461 e. The molecule has 5 heteroatoms. The van der Waals surface area contributed by atoms with E-state index < -0.39 is 0 Å². The standard InChI is InChI=1S/C21H30N2O3/c1-14-5-4-6-21(3)12-19-16(11-18(14)21)17(20(25)26-19)13-22-7-9-23(10-8-22)15(2)24/h5,11,16-17,19H,4,6-10,12-13H2,1-3H3/t16-,17-,19-,21-/m1/s1. The zero-order chi connectivity index (χ0) is 18.5. The Bertz CT molecular complexity index is 675. The van der Waals surface area contributed by atoms with E-state index >= 15 is 0 Å². The third-order valence-corrected chi connectivity index (χ3v) is 6.97.